The van der Waals surface area contributed by atoms with Crippen molar-refractivity contribution in [3.63, 3.8) is 0 Å². The van der Waals surface area contributed by atoms with Crippen molar-refractivity contribution in [3.05, 3.63) is 0 Å². The fourth-order valence-corrected chi connectivity index (χ4v) is 2.62. The van der Waals surface area contributed by atoms with E-state index in [4.69, 9.17) is 0 Å². The third-order valence-corrected chi connectivity index (χ3v) is 4.32. The summed E-state index contributed by atoms with van der Waals surface area (Å²) in [7, 11) is 0. The van der Waals surface area contributed by atoms with Crippen molar-refractivity contribution in [3.8, 4) is 0 Å². The number of carbonyl (C=O) groups is 3. The second kappa shape index (κ2) is 6.01. The zero-order valence-corrected chi connectivity index (χ0v) is 12.9. The highest BCUT2D eigenvalue weighted by molar-refractivity contribution is 6.09. The van der Waals surface area contributed by atoms with Crippen molar-refractivity contribution >= 4 is 17.8 Å². The lowest BCUT2D eigenvalue weighted by Gasteiger charge is -2.31. The minimum absolute atomic E-state index is 0.00331. The van der Waals surface area contributed by atoms with Crippen LogP contribution in [-0.4, -0.2) is 54.0 Å². The summed E-state index contributed by atoms with van der Waals surface area (Å²) in [5.41, 5.74) is -0.862. The first-order valence-corrected chi connectivity index (χ1v) is 7.50. The Bertz CT molecular complexity index is 444. The highest BCUT2D eigenvalue weighted by atomic mass is 16.2. The Balaban J connectivity index is 1.99. The molecule has 2 rings (SSSR count). The molecule has 118 valence electrons. The number of piperidine rings is 1. The van der Waals surface area contributed by atoms with E-state index in [-0.39, 0.29) is 24.4 Å². The Morgan fingerprint density at radius 1 is 1.38 bits per heavy atom. The van der Waals surface area contributed by atoms with Crippen LogP contribution in [0.4, 0.5) is 4.79 Å². The van der Waals surface area contributed by atoms with Gasteiger partial charge in [-0.15, -0.1) is 0 Å². The first-order chi connectivity index (χ1) is 9.85. The standard InChI is InChI=1S/C14H24N4O3/c1-9(2)10(3)16-11(19)7-18-12(20)14(17-13(18)21)5-4-6-15-8-14/h9-10,15H,4-8H2,1-3H3,(H,16,19)(H,17,21). The summed E-state index contributed by atoms with van der Waals surface area (Å²) >= 11 is 0. The van der Waals surface area contributed by atoms with Gasteiger partial charge in [0.2, 0.25) is 5.91 Å². The highest BCUT2D eigenvalue weighted by Gasteiger charge is 2.51. The zero-order valence-electron chi connectivity index (χ0n) is 12.9. The van der Waals surface area contributed by atoms with Crippen LogP contribution in [0.15, 0.2) is 0 Å². The lowest BCUT2D eigenvalue weighted by molar-refractivity contribution is -0.135. The Hall–Kier alpha value is -1.63. The van der Waals surface area contributed by atoms with Gasteiger partial charge >= 0.3 is 6.03 Å². The topological polar surface area (TPSA) is 90.5 Å². The Kier molecular flexibility index (Phi) is 4.51. The van der Waals surface area contributed by atoms with Crippen LogP contribution in [0.3, 0.4) is 0 Å². The summed E-state index contributed by atoms with van der Waals surface area (Å²) < 4.78 is 0. The van der Waals surface area contributed by atoms with Crippen LogP contribution in [0.1, 0.15) is 33.6 Å². The lowest BCUT2D eigenvalue weighted by atomic mass is 9.90. The third kappa shape index (κ3) is 3.18. The maximum Gasteiger partial charge on any atom is 0.325 e. The summed E-state index contributed by atoms with van der Waals surface area (Å²) in [6, 6.07) is -0.473. The third-order valence-electron chi connectivity index (χ3n) is 4.32. The van der Waals surface area contributed by atoms with Gasteiger partial charge in [0.05, 0.1) is 0 Å². The number of nitrogens with one attached hydrogen (secondary N) is 3. The average molecular weight is 296 g/mol. The molecular weight excluding hydrogens is 272 g/mol. The normalized spacial score (nSPS) is 27.1. The van der Waals surface area contributed by atoms with E-state index in [0.29, 0.717) is 18.9 Å². The molecule has 0 aromatic carbocycles. The molecule has 0 radical (unpaired) electrons. The van der Waals surface area contributed by atoms with Crippen molar-refractivity contribution in [2.75, 3.05) is 19.6 Å². The molecule has 2 fully saturated rings. The fourth-order valence-electron chi connectivity index (χ4n) is 2.62. The Labute approximate surface area is 124 Å². The van der Waals surface area contributed by atoms with Crippen LogP contribution in [0.25, 0.3) is 0 Å². The van der Waals surface area contributed by atoms with Gasteiger partial charge < -0.3 is 16.0 Å². The SMILES string of the molecule is CC(C)C(C)NC(=O)CN1C(=O)NC2(CCCNC2)C1=O. The van der Waals surface area contributed by atoms with Crippen LogP contribution >= 0.6 is 0 Å². The molecule has 0 saturated carbocycles. The van der Waals surface area contributed by atoms with E-state index in [9.17, 15) is 14.4 Å². The molecule has 7 nitrogen and oxygen atoms in total. The summed E-state index contributed by atoms with van der Waals surface area (Å²) in [6.07, 6.45) is 1.45. The molecule has 1 spiro atoms. The minimum Gasteiger partial charge on any atom is -0.352 e. The van der Waals surface area contributed by atoms with E-state index in [1.165, 1.54) is 0 Å². The van der Waals surface area contributed by atoms with Crippen molar-refractivity contribution < 1.29 is 14.4 Å². The van der Waals surface area contributed by atoms with Gasteiger partial charge in [-0.2, -0.15) is 0 Å². The maximum atomic E-state index is 12.5. The van der Waals surface area contributed by atoms with Gasteiger partial charge in [0.15, 0.2) is 0 Å². The predicted molar refractivity (Wildman–Crippen MR) is 77.5 cm³/mol. The van der Waals surface area contributed by atoms with E-state index >= 15 is 0 Å². The minimum atomic E-state index is -0.862. The zero-order chi connectivity index (χ0) is 15.6. The van der Waals surface area contributed by atoms with Crippen molar-refractivity contribution in [2.45, 2.75) is 45.2 Å². The molecule has 0 aromatic rings. The second-order valence-electron chi connectivity index (χ2n) is 6.28. The predicted octanol–water partition coefficient (Wildman–Crippen LogP) is -0.179. The van der Waals surface area contributed by atoms with Crippen molar-refractivity contribution in [2.24, 2.45) is 5.92 Å². The number of amides is 4. The molecule has 7 heteroatoms. The lowest BCUT2D eigenvalue weighted by Crippen LogP contribution is -2.57. The number of nitrogens with zero attached hydrogens (tertiary/aromatic N) is 1. The molecule has 3 N–H and O–H groups in total. The van der Waals surface area contributed by atoms with Gasteiger partial charge in [-0.3, -0.25) is 14.5 Å². The maximum absolute atomic E-state index is 12.5. The number of hydrogen-bond donors (Lipinski definition) is 3. The first-order valence-electron chi connectivity index (χ1n) is 7.50. The largest absolute Gasteiger partial charge is 0.352 e. The highest BCUT2D eigenvalue weighted by Crippen LogP contribution is 2.24. The molecule has 0 bridgehead atoms. The molecule has 2 atom stereocenters. The molecular formula is C14H24N4O3. The van der Waals surface area contributed by atoms with Crippen molar-refractivity contribution in [1.29, 1.82) is 0 Å². The van der Waals surface area contributed by atoms with E-state index in [0.717, 1.165) is 17.9 Å². The summed E-state index contributed by atoms with van der Waals surface area (Å²) in [5, 5.41) is 8.68. The first kappa shape index (κ1) is 15.8. The number of hydrogen-bond acceptors (Lipinski definition) is 4. The Morgan fingerprint density at radius 2 is 2.10 bits per heavy atom. The molecule has 2 aliphatic heterocycles. The number of carbonyl (C=O) groups excluding carboxylic acids is 3. The van der Waals surface area contributed by atoms with E-state index < -0.39 is 11.6 Å². The van der Waals surface area contributed by atoms with Gasteiger partial charge in [-0.05, 0) is 32.2 Å². The molecule has 4 amide bonds. The van der Waals surface area contributed by atoms with Crippen LogP contribution in [0.5, 0.6) is 0 Å². The van der Waals surface area contributed by atoms with Crippen molar-refractivity contribution in [1.82, 2.24) is 20.9 Å². The van der Waals surface area contributed by atoms with Crippen LogP contribution < -0.4 is 16.0 Å². The van der Waals surface area contributed by atoms with Gasteiger partial charge in [0.25, 0.3) is 5.91 Å². The van der Waals surface area contributed by atoms with Gasteiger partial charge in [-0.25, -0.2) is 4.79 Å². The van der Waals surface area contributed by atoms with Gasteiger partial charge in [-0.1, -0.05) is 13.8 Å². The molecule has 2 heterocycles. The smallest absolute Gasteiger partial charge is 0.325 e. The molecule has 2 aliphatic rings. The van der Waals surface area contributed by atoms with E-state index in [1.54, 1.807) is 0 Å². The number of urea groups is 1. The number of rotatable bonds is 4. The summed E-state index contributed by atoms with van der Waals surface area (Å²) in [4.78, 5) is 37.5. The van der Waals surface area contributed by atoms with Crippen LogP contribution in [-0.2, 0) is 9.59 Å². The van der Waals surface area contributed by atoms with Gasteiger partial charge in [0.1, 0.15) is 12.1 Å². The van der Waals surface area contributed by atoms with Gasteiger partial charge in [0, 0.05) is 12.6 Å². The fraction of sp³-hybridized carbons (Fsp3) is 0.786. The van der Waals surface area contributed by atoms with Crippen LogP contribution in [0, 0.1) is 5.92 Å². The molecule has 2 unspecified atom stereocenters. The summed E-state index contributed by atoms with van der Waals surface area (Å²) in [6.45, 7) is 6.96. The molecule has 2 saturated heterocycles. The molecule has 0 aliphatic carbocycles. The molecule has 21 heavy (non-hydrogen) atoms. The van der Waals surface area contributed by atoms with E-state index in [2.05, 4.69) is 16.0 Å². The summed E-state index contributed by atoms with van der Waals surface area (Å²) in [5.74, 6) is -0.307. The molecule has 0 aromatic heterocycles. The monoisotopic (exact) mass is 296 g/mol. The Morgan fingerprint density at radius 3 is 2.67 bits per heavy atom. The quantitative estimate of drug-likeness (QED) is 0.628. The van der Waals surface area contributed by atoms with Crippen LogP contribution in [0.2, 0.25) is 0 Å². The average Bonchev–Trinajstić information content (AvgIpc) is 2.64. The second-order valence-corrected chi connectivity index (χ2v) is 6.28. The number of imide groups is 1. The van der Waals surface area contributed by atoms with E-state index in [1.807, 2.05) is 20.8 Å².